The van der Waals surface area contributed by atoms with E-state index in [9.17, 15) is 0 Å². The first-order valence-electron chi connectivity index (χ1n) is 13.7. The summed E-state index contributed by atoms with van der Waals surface area (Å²) in [5.74, 6) is 3.85. The van der Waals surface area contributed by atoms with Gasteiger partial charge in [-0.25, -0.2) is 0 Å². The van der Waals surface area contributed by atoms with Crippen LogP contribution in [0.4, 0.5) is 0 Å². The Morgan fingerprint density at radius 1 is 0.600 bits per heavy atom. The van der Waals surface area contributed by atoms with Crippen LogP contribution in [0, 0.1) is 39.9 Å². The van der Waals surface area contributed by atoms with Crippen molar-refractivity contribution >= 4 is 0 Å². The van der Waals surface area contributed by atoms with E-state index in [1.165, 1.54) is 90.3 Å². The smallest absolute Gasteiger partial charge is 0.00986 e. The van der Waals surface area contributed by atoms with Crippen LogP contribution in [0.2, 0.25) is 0 Å². The first kappa shape index (κ1) is 20.5. The standard InChI is InChI=1S/C27H47N3/c1-18-25(12-13-28-18)8-4-6-21(14-25)24-17-30-20(3)27(24)11-7-22(15-27)23-16-29-19(2)26(23)9-5-10-26/h18-24,28-30H,4-17H2,1-3H3. The van der Waals surface area contributed by atoms with Crippen molar-refractivity contribution in [1.29, 1.82) is 0 Å². The lowest BCUT2D eigenvalue weighted by Crippen LogP contribution is -2.46. The highest BCUT2D eigenvalue weighted by atomic mass is 15.0. The molecule has 0 radical (unpaired) electrons. The Labute approximate surface area is 185 Å². The molecule has 3 aliphatic carbocycles. The van der Waals surface area contributed by atoms with E-state index in [0.29, 0.717) is 16.2 Å². The van der Waals surface area contributed by atoms with Crippen LogP contribution in [0.15, 0.2) is 0 Å². The predicted molar refractivity (Wildman–Crippen MR) is 124 cm³/mol. The lowest BCUT2D eigenvalue weighted by molar-refractivity contribution is 0.0185. The van der Waals surface area contributed by atoms with Gasteiger partial charge in [0.25, 0.3) is 0 Å². The molecule has 3 aliphatic heterocycles. The molecule has 6 rings (SSSR count). The summed E-state index contributed by atoms with van der Waals surface area (Å²) in [5, 5.41) is 11.8. The molecule has 0 aromatic rings. The minimum Gasteiger partial charge on any atom is -0.314 e. The zero-order valence-corrected chi connectivity index (χ0v) is 19.9. The van der Waals surface area contributed by atoms with Crippen LogP contribution in [0.3, 0.4) is 0 Å². The average Bonchev–Trinajstić information content (AvgIpc) is 3.44. The molecule has 0 bridgehead atoms. The van der Waals surface area contributed by atoms with Crippen LogP contribution in [-0.4, -0.2) is 37.8 Å². The van der Waals surface area contributed by atoms with E-state index in [2.05, 4.69) is 36.7 Å². The molecule has 3 nitrogen and oxygen atoms in total. The Morgan fingerprint density at radius 2 is 1.30 bits per heavy atom. The second-order valence-electron chi connectivity index (χ2n) is 12.9. The summed E-state index contributed by atoms with van der Waals surface area (Å²) in [6, 6.07) is 2.23. The van der Waals surface area contributed by atoms with E-state index in [0.717, 1.165) is 41.8 Å². The summed E-state index contributed by atoms with van der Waals surface area (Å²) in [4.78, 5) is 0. The Bertz CT molecular complexity index is 658. The average molecular weight is 414 g/mol. The van der Waals surface area contributed by atoms with Crippen LogP contribution < -0.4 is 16.0 Å². The van der Waals surface area contributed by atoms with Gasteiger partial charge in [0.2, 0.25) is 0 Å². The molecule has 9 atom stereocenters. The number of hydrogen-bond acceptors (Lipinski definition) is 3. The van der Waals surface area contributed by atoms with Gasteiger partial charge in [0.15, 0.2) is 0 Å². The van der Waals surface area contributed by atoms with Crippen LogP contribution in [0.5, 0.6) is 0 Å². The Morgan fingerprint density at radius 3 is 1.97 bits per heavy atom. The molecule has 6 fully saturated rings. The summed E-state index contributed by atoms with van der Waals surface area (Å²) >= 11 is 0. The molecule has 3 heteroatoms. The molecule has 6 aliphatic rings. The number of nitrogens with one attached hydrogen (secondary N) is 3. The van der Waals surface area contributed by atoms with Crippen LogP contribution in [0.1, 0.15) is 91.4 Å². The van der Waals surface area contributed by atoms with Gasteiger partial charge in [0.05, 0.1) is 0 Å². The third kappa shape index (κ3) is 2.73. The van der Waals surface area contributed by atoms with Crippen LogP contribution >= 0.6 is 0 Å². The Hall–Kier alpha value is -0.120. The third-order valence-electron chi connectivity index (χ3n) is 12.4. The Balaban J connectivity index is 1.22. The molecule has 0 aromatic heterocycles. The van der Waals surface area contributed by atoms with Crippen LogP contribution in [0.25, 0.3) is 0 Å². The first-order valence-corrected chi connectivity index (χ1v) is 13.7. The maximum absolute atomic E-state index is 4.03. The summed E-state index contributed by atoms with van der Waals surface area (Å²) < 4.78 is 0. The fraction of sp³-hybridized carbons (Fsp3) is 1.00. The van der Waals surface area contributed by atoms with Gasteiger partial charge < -0.3 is 16.0 Å². The van der Waals surface area contributed by atoms with Crippen molar-refractivity contribution in [3.05, 3.63) is 0 Å². The van der Waals surface area contributed by atoms with E-state index < -0.39 is 0 Å². The van der Waals surface area contributed by atoms with Gasteiger partial charge in [-0.05, 0) is 132 Å². The van der Waals surface area contributed by atoms with Crippen LogP contribution in [-0.2, 0) is 0 Å². The lowest BCUT2D eigenvalue weighted by Gasteiger charge is -2.49. The predicted octanol–water partition coefficient (Wildman–Crippen LogP) is 4.72. The second-order valence-corrected chi connectivity index (χ2v) is 12.9. The first-order chi connectivity index (χ1) is 14.5. The van der Waals surface area contributed by atoms with Crippen molar-refractivity contribution in [1.82, 2.24) is 16.0 Å². The van der Waals surface area contributed by atoms with Gasteiger partial charge in [-0.3, -0.25) is 0 Å². The topological polar surface area (TPSA) is 36.1 Å². The lowest BCUT2D eigenvalue weighted by atomic mass is 9.55. The maximum atomic E-state index is 4.03. The van der Waals surface area contributed by atoms with Gasteiger partial charge in [0, 0.05) is 18.1 Å². The van der Waals surface area contributed by atoms with Gasteiger partial charge in [0.1, 0.15) is 0 Å². The summed E-state index contributed by atoms with van der Waals surface area (Å²) in [6.07, 6.45) is 16.5. The van der Waals surface area contributed by atoms with Crippen molar-refractivity contribution < 1.29 is 0 Å². The van der Waals surface area contributed by atoms with Gasteiger partial charge >= 0.3 is 0 Å². The minimum absolute atomic E-state index is 0.597. The quantitative estimate of drug-likeness (QED) is 0.613. The highest BCUT2D eigenvalue weighted by molar-refractivity contribution is 5.13. The van der Waals surface area contributed by atoms with Crippen molar-refractivity contribution in [3.63, 3.8) is 0 Å². The fourth-order valence-electron chi connectivity index (χ4n) is 10.3. The normalized spacial score (nSPS) is 55.1. The molecule has 3 saturated heterocycles. The largest absolute Gasteiger partial charge is 0.314 e. The fourth-order valence-corrected chi connectivity index (χ4v) is 10.3. The molecule has 0 aromatic carbocycles. The zero-order valence-electron chi connectivity index (χ0n) is 19.9. The van der Waals surface area contributed by atoms with Crippen molar-refractivity contribution in [3.8, 4) is 0 Å². The summed E-state index contributed by atoms with van der Waals surface area (Å²) in [6.45, 7) is 11.4. The van der Waals surface area contributed by atoms with E-state index in [-0.39, 0.29) is 0 Å². The highest BCUT2D eigenvalue weighted by Crippen LogP contribution is 2.64. The molecular weight excluding hydrogens is 366 g/mol. The van der Waals surface area contributed by atoms with Crippen molar-refractivity contribution in [2.45, 2.75) is 110 Å². The van der Waals surface area contributed by atoms with E-state index >= 15 is 0 Å². The van der Waals surface area contributed by atoms with Crippen molar-refractivity contribution in [2.75, 3.05) is 19.6 Å². The number of hydrogen-bond donors (Lipinski definition) is 3. The monoisotopic (exact) mass is 413 g/mol. The molecule has 3 spiro atoms. The minimum atomic E-state index is 0.597. The van der Waals surface area contributed by atoms with E-state index in [1.807, 2.05) is 0 Å². The van der Waals surface area contributed by atoms with Gasteiger partial charge in [-0.1, -0.05) is 19.3 Å². The molecule has 9 unspecified atom stereocenters. The van der Waals surface area contributed by atoms with Gasteiger partial charge in [-0.2, -0.15) is 0 Å². The molecular formula is C27H47N3. The van der Waals surface area contributed by atoms with Crippen molar-refractivity contribution in [2.24, 2.45) is 39.9 Å². The molecule has 3 heterocycles. The summed E-state index contributed by atoms with van der Waals surface area (Å²) in [7, 11) is 0. The maximum Gasteiger partial charge on any atom is 0.00986 e. The summed E-state index contributed by atoms with van der Waals surface area (Å²) in [5.41, 5.74) is 1.88. The molecule has 170 valence electrons. The highest BCUT2D eigenvalue weighted by Gasteiger charge is 2.61. The SMILES string of the molecule is CC1NCCC12CCCC(C1CNC(C)C13CCC(C1CNC(C)C14CCC4)C3)C2. The zero-order chi connectivity index (χ0) is 20.6. The van der Waals surface area contributed by atoms with Gasteiger partial charge in [-0.15, -0.1) is 0 Å². The van der Waals surface area contributed by atoms with E-state index in [1.54, 1.807) is 0 Å². The molecule has 3 N–H and O–H groups in total. The third-order valence-corrected chi connectivity index (χ3v) is 12.4. The molecule has 0 amide bonds. The molecule has 3 saturated carbocycles. The second kappa shape index (κ2) is 7.19. The number of rotatable bonds is 2. The van der Waals surface area contributed by atoms with E-state index in [4.69, 9.17) is 0 Å². The molecule has 30 heavy (non-hydrogen) atoms. The Kier molecular flexibility index (Phi) is 4.91.